The summed E-state index contributed by atoms with van der Waals surface area (Å²) in [6, 6.07) is 14.2. The Morgan fingerprint density at radius 2 is 1.89 bits per heavy atom. The average Bonchev–Trinajstić information content (AvgIpc) is 3.50. The first-order valence-corrected chi connectivity index (χ1v) is 12.7. The van der Waals surface area contributed by atoms with E-state index in [9.17, 15) is 0 Å². The van der Waals surface area contributed by atoms with E-state index >= 15 is 0 Å². The van der Waals surface area contributed by atoms with E-state index in [0.29, 0.717) is 6.04 Å². The van der Waals surface area contributed by atoms with Gasteiger partial charge in [-0.1, -0.05) is 37.3 Å². The van der Waals surface area contributed by atoms with Crippen LogP contribution in [0, 0.1) is 0 Å². The van der Waals surface area contributed by atoms with Gasteiger partial charge in [0.25, 0.3) is 0 Å². The van der Waals surface area contributed by atoms with Gasteiger partial charge < -0.3 is 10.2 Å². The topological polar surface area (TPSA) is 15.3 Å². The molecule has 2 saturated heterocycles. The highest BCUT2D eigenvalue weighted by Crippen LogP contribution is 2.34. The Morgan fingerprint density at radius 3 is 2.39 bits per heavy atom. The molecule has 0 saturated carbocycles. The molecule has 2 aliphatic rings. The molecule has 0 aliphatic carbocycles. The lowest BCUT2D eigenvalue weighted by atomic mass is 10.1. The normalized spacial score (nSPS) is 19.6. The van der Waals surface area contributed by atoms with Crippen molar-refractivity contribution in [1.29, 1.82) is 0 Å². The first-order valence-electron chi connectivity index (χ1n) is 10.6. The van der Waals surface area contributed by atoms with Crippen LogP contribution in [0.25, 0.3) is 16.1 Å². The third-order valence-electron chi connectivity index (χ3n) is 5.46. The van der Waals surface area contributed by atoms with Gasteiger partial charge in [0.1, 0.15) is 0 Å². The predicted octanol–water partition coefficient (Wildman–Crippen LogP) is 6.74. The number of allylic oxidation sites excluding steroid dienone is 1. The van der Waals surface area contributed by atoms with Gasteiger partial charge in [-0.2, -0.15) is 0 Å². The summed E-state index contributed by atoms with van der Waals surface area (Å²) < 4.78 is 1.38. The molecule has 1 N–H and O–H groups in total. The molecule has 0 amide bonds. The Labute approximate surface area is 179 Å². The van der Waals surface area contributed by atoms with E-state index in [1.54, 1.807) is 0 Å². The number of rotatable bonds is 5. The van der Waals surface area contributed by atoms with E-state index in [-0.39, 0.29) is 0 Å². The van der Waals surface area contributed by atoms with Crippen LogP contribution in [0.4, 0.5) is 0 Å². The van der Waals surface area contributed by atoms with Crippen molar-refractivity contribution in [3.05, 3.63) is 48.0 Å². The van der Waals surface area contributed by atoms with Crippen LogP contribution in [-0.2, 0) is 0 Å². The fraction of sp³-hybridized carbons (Fsp3) is 0.500. The van der Waals surface area contributed by atoms with Crippen LogP contribution in [0.3, 0.4) is 0 Å². The quantitative estimate of drug-likeness (QED) is 0.545. The third kappa shape index (κ3) is 5.65. The molecule has 1 aromatic carbocycles. The third-order valence-corrected chi connectivity index (χ3v) is 7.68. The summed E-state index contributed by atoms with van der Waals surface area (Å²) in [6.07, 6.45) is 11.0. The predicted molar refractivity (Wildman–Crippen MR) is 127 cm³/mol. The standard InChI is InChI=1S/C20H25NS2.C4H9N/c1-4-6-18(21-14-5-7-15(21)2)16-8-10-17(11-9-16)19-12-13-20(22-3)23-19;1-2-4-5-3-1/h6,8-13,15H,4-5,7,14H2,1-3H3;5H,1-4H2/b18-6+;. The molecule has 0 radical (unpaired) electrons. The zero-order valence-corrected chi connectivity index (χ0v) is 19.2. The van der Waals surface area contributed by atoms with Crippen LogP contribution in [0.1, 0.15) is 51.5 Å². The van der Waals surface area contributed by atoms with E-state index in [1.165, 1.54) is 71.2 Å². The largest absolute Gasteiger partial charge is 0.369 e. The molecule has 1 aromatic heterocycles. The lowest BCUT2D eigenvalue weighted by molar-refractivity contribution is 0.392. The van der Waals surface area contributed by atoms with Gasteiger partial charge in [-0.25, -0.2) is 0 Å². The number of nitrogens with zero attached hydrogens (tertiary/aromatic N) is 1. The molecule has 2 aromatic rings. The van der Waals surface area contributed by atoms with E-state index in [2.05, 4.69) is 72.8 Å². The summed E-state index contributed by atoms with van der Waals surface area (Å²) in [5, 5.41) is 3.22. The number of thioether (sulfide) groups is 1. The van der Waals surface area contributed by atoms with Crippen LogP contribution < -0.4 is 5.32 Å². The second kappa shape index (κ2) is 11.1. The molecular formula is C24H34N2S2. The van der Waals surface area contributed by atoms with Crippen LogP contribution in [0.15, 0.2) is 46.7 Å². The maximum absolute atomic E-state index is 3.22. The number of hydrogen-bond acceptors (Lipinski definition) is 4. The number of thiophene rings is 1. The average molecular weight is 415 g/mol. The SMILES string of the molecule is C1CCNC1.CC/C=C(\c1ccc(-c2ccc(SC)s2)cc1)N1CCCC1C. The highest BCUT2D eigenvalue weighted by atomic mass is 32.2. The zero-order valence-electron chi connectivity index (χ0n) is 17.5. The zero-order chi connectivity index (χ0) is 19.8. The molecule has 0 spiro atoms. The van der Waals surface area contributed by atoms with Gasteiger partial charge in [0, 0.05) is 23.2 Å². The number of nitrogens with one attached hydrogen (secondary N) is 1. The summed E-state index contributed by atoms with van der Waals surface area (Å²) in [5.41, 5.74) is 4.09. The molecule has 1 atom stereocenters. The Bertz CT molecular complexity index is 737. The van der Waals surface area contributed by atoms with E-state index in [4.69, 9.17) is 0 Å². The summed E-state index contributed by atoms with van der Waals surface area (Å²) in [7, 11) is 0. The molecule has 152 valence electrons. The Morgan fingerprint density at radius 1 is 1.14 bits per heavy atom. The minimum absolute atomic E-state index is 0.661. The molecule has 4 rings (SSSR count). The molecular weight excluding hydrogens is 380 g/mol. The van der Waals surface area contributed by atoms with Gasteiger partial charge in [-0.05, 0) is 81.6 Å². The van der Waals surface area contributed by atoms with Crippen molar-refractivity contribution in [3.8, 4) is 10.4 Å². The lowest BCUT2D eigenvalue weighted by Gasteiger charge is -2.27. The maximum atomic E-state index is 3.22. The maximum Gasteiger partial charge on any atom is 0.0602 e. The molecule has 2 fully saturated rings. The van der Waals surface area contributed by atoms with Gasteiger partial charge >= 0.3 is 0 Å². The number of hydrogen-bond donors (Lipinski definition) is 1. The molecule has 2 aliphatic heterocycles. The number of likely N-dealkylation sites (tertiary alicyclic amines) is 1. The summed E-state index contributed by atoms with van der Waals surface area (Å²) in [4.78, 5) is 3.94. The van der Waals surface area contributed by atoms with Gasteiger partial charge in [-0.3, -0.25) is 0 Å². The van der Waals surface area contributed by atoms with Gasteiger partial charge in [-0.15, -0.1) is 23.1 Å². The summed E-state index contributed by atoms with van der Waals surface area (Å²) in [6.45, 7) is 8.27. The van der Waals surface area contributed by atoms with Crippen LogP contribution >= 0.6 is 23.1 Å². The van der Waals surface area contributed by atoms with Crippen molar-refractivity contribution >= 4 is 28.8 Å². The van der Waals surface area contributed by atoms with Crippen molar-refractivity contribution in [2.45, 2.75) is 56.2 Å². The summed E-state index contributed by atoms with van der Waals surface area (Å²) >= 11 is 3.69. The van der Waals surface area contributed by atoms with Crippen LogP contribution in [0.2, 0.25) is 0 Å². The monoisotopic (exact) mass is 414 g/mol. The fourth-order valence-corrected chi connectivity index (χ4v) is 5.45. The molecule has 4 heteroatoms. The Balaban J connectivity index is 0.000000391. The molecule has 3 heterocycles. The smallest absolute Gasteiger partial charge is 0.0602 e. The molecule has 0 bridgehead atoms. The van der Waals surface area contributed by atoms with E-state index < -0.39 is 0 Å². The van der Waals surface area contributed by atoms with E-state index in [1.807, 2.05) is 23.1 Å². The van der Waals surface area contributed by atoms with Crippen LogP contribution in [-0.4, -0.2) is 36.8 Å². The van der Waals surface area contributed by atoms with Crippen LogP contribution in [0.5, 0.6) is 0 Å². The molecule has 28 heavy (non-hydrogen) atoms. The first-order chi connectivity index (χ1) is 13.7. The minimum Gasteiger partial charge on any atom is -0.369 e. The Kier molecular flexibility index (Phi) is 8.50. The van der Waals surface area contributed by atoms with Gasteiger partial charge in [0.05, 0.1) is 4.21 Å². The van der Waals surface area contributed by atoms with Crippen molar-refractivity contribution in [2.24, 2.45) is 0 Å². The van der Waals surface area contributed by atoms with Crippen molar-refractivity contribution in [3.63, 3.8) is 0 Å². The molecule has 1 unspecified atom stereocenters. The van der Waals surface area contributed by atoms with Crippen molar-refractivity contribution in [2.75, 3.05) is 25.9 Å². The second-order valence-electron chi connectivity index (χ2n) is 7.54. The highest BCUT2D eigenvalue weighted by molar-refractivity contribution is 8.00. The first kappa shape index (κ1) is 21.5. The second-order valence-corrected chi connectivity index (χ2v) is 9.73. The van der Waals surface area contributed by atoms with Crippen molar-refractivity contribution < 1.29 is 0 Å². The van der Waals surface area contributed by atoms with Crippen molar-refractivity contribution in [1.82, 2.24) is 10.2 Å². The van der Waals surface area contributed by atoms with Gasteiger partial charge in [0.2, 0.25) is 0 Å². The van der Waals surface area contributed by atoms with Gasteiger partial charge in [0.15, 0.2) is 0 Å². The summed E-state index contributed by atoms with van der Waals surface area (Å²) in [5.74, 6) is 0. The number of benzene rings is 1. The Hall–Kier alpha value is -1.23. The molecule has 2 nitrogen and oxygen atoms in total. The fourth-order valence-electron chi connectivity index (χ4n) is 3.90. The van der Waals surface area contributed by atoms with E-state index in [0.717, 1.165) is 6.42 Å². The highest BCUT2D eigenvalue weighted by Gasteiger charge is 2.22. The lowest BCUT2D eigenvalue weighted by Crippen LogP contribution is -2.25. The minimum atomic E-state index is 0.661.